The summed E-state index contributed by atoms with van der Waals surface area (Å²) >= 11 is 0. The van der Waals surface area contributed by atoms with Crippen LogP contribution in [0, 0.1) is 11.8 Å². The Kier molecular flexibility index (Phi) is 4.15. The molecule has 0 unspecified atom stereocenters. The van der Waals surface area contributed by atoms with Crippen molar-refractivity contribution in [1.29, 1.82) is 0 Å². The molecular weight excluding hydrogens is 212 g/mol. The van der Waals surface area contributed by atoms with E-state index in [2.05, 4.69) is 29.4 Å². The second-order valence-corrected chi connectivity index (χ2v) is 5.59. The molecule has 1 N–H and O–H groups in total. The zero-order valence-electron chi connectivity index (χ0n) is 11.2. The van der Waals surface area contributed by atoms with E-state index >= 15 is 0 Å². The van der Waals surface area contributed by atoms with Crippen molar-refractivity contribution < 1.29 is 0 Å². The molecule has 0 bridgehead atoms. The molecule has 0 saturated heterocycles. The van der Waals surface area contributed by atoms with E-state index in [-0.39, 0.29) is 0 Å². The molecule has 4 nitrogen and oxygen atoms in total. The maximum absolute atomic E-state index is 4.09. The van der Waals surface area contributed by atoms with Gasteiger partial charge in [0.15, 0.2) is 0 Å². The molecule has 1 aromatic heterocycles. The fraction of sp³-hybridized carbons (Fsp3) is 0.846. The van der Waals surface area contributed by atoms with Crippen molar-refractivity contribution in [2.45, 2.75) is 52.1 Å². The Bertz CT molecular complexity index is 337. The molecule has 0 amide bonds. The number of aromatic nitrogens is 3. The van der Waals surface area contributed by atoms with Crippen molar-refractivity contribution >= 4 is 0 Å². The third-order valence-corrected chi connectivity index (χ3v) is 4.07. The first-order chi connectivity index (χ1) is 8.16. The lowest BCUT2D eigenvalue weighted by Crippen LogP contribution is -2.34. The topological polar surface area (TPSA) is 42.7 Å². The SMILES string of the molecule is CC(C)C1CCC(NCc2nncn2C)CC1. The molecule has 0 atom stereocenters. The van der Waals surface area contributed by atoms with Crippen LogP contribution in [0.5, 0.6) is 0 Å². The first kappa shape index (κ1) is 12.6. The van der Waals surface area contributed by atoms with E-state index in [1.54, 1.807) is 6.33 Å². The van der Waals surface area contributed by atoms with E-state index in [0.717, 1.165) is 24.2 Å². The van der Waals surface area contributed by atoms with E-state index < -0.39 is 0 Å². The Morgan fingerprint density at radius 3 is 2.59 bits per heavy atom. The van der Waals surface area contributed by atoms with E-state index in [1.165, 1.54) is 25.7 Å². The van der Waals surface area contributed by atoms with Gasteiger partial charge in [-0.25, -0.2) is 0 Å². The van der Waals surface area contributed by atoms with Gasteiger partial charge in [-0.2, -0.15) is 0 Å². The zero-order chi connectivity index (χ0) is 12.3. The standard InChI is InChI=1S/C13H24N4/c1-10(2)11-4-6-12(7-5-11)14-8-13-16-15-9-17(13)3/h9-12,14H,4-8H2,1-3H3. The second-order valence-electron chi connectivity index (χ2n) is 5.59. The number of hydrogen-bond donors (Lipinski definition) is 1. The molecule has 1 aliphatic carbocycles. The fourth-order valence-corrected chi connectivity index (χ4v) is 2.69. The van der Waals surface area contributed by atoms with Crippen molar-refractivity contribution in [3.05, 3.63) is 12.2 Å². The van der Waals surface area contributed by atoms with Gasteiger partial charge in [-0.15, -0.1) is 10.2 Å². The van der Waals surface area contributed by atoms with Crippen LogP contribution >= 0.6 is 0 Å². The molecule has 17 heavy (non-hydrogen) atoms. The average molecular weight is 236 g/mol. The van der Waals surface area contributed by atoms with Crippen LogP contribution in [0.1, 0.15) is 45.4 Å². The highest BCUT2D eigenvalue weighted by Gasteiger charge is 2.22. The van der Waals surface area contributed by atoms with Gasteiger partial charge in [0.2, 0.25) is 0 Å². The molecule has 96 valence electrons. The molecule has 2 rings (SSSR count). The summed E-state index contributed by atoms with van der Waals surface area (Å²) in [6.45, 7) is 5.53. The Balaban J connectivity index is 1.74. The smallest absolute Gasteiger partial charge is 0.146 e. The zero-order valence-corrected chi connectivity index (χ0v) is 11.2. The normalized spacial score (nSPS) is 25.4. The van der Waals surface area contributed by atoms with Crippen molar-refractivity contribution in [3.63, 3.8) is 0 Å². The van der Waals surface area contributed by atoms with Gasteiger partial charge in [-0.05, 0) is 37.5 Å². The molecule has 1 heterocycles. The van der Waals surface area contributed by atoms with Crippen LogP contribution in [0.15, 0.2) is 6.33 Å². The number of hydrogen-bond acceptors (Lipinski definition) is 3. The Morgan fingerprint density at radius 1 is 1.35 bits per heavy atom. The number of aryl methyl sites for hydroxylation is 1. The summed E-state index contributed by atoms with van der Waals surface area (Å²) in [6, 6.07) is 0.668. The summed E-state index contributed by atoms with van der Waals surface area (Å²) in [7, 11) is 1.99. The highest BCUT2D eigenvalue weighted by molar-refractivity contribution is 4.86. The highest BCUT2D eigenvalue weighted by Crippen LogP contribution is 2.29. The summed E-state index contributed by atoms with van der Waals surface area (Å²) in [5.74, 6) is 2.80. The molecule has 0 radical (unpaired) electrons. The first-order valence-electron chi connectivity index (χ1n) is 6.73. The third kappa shape index (κ3) is 3.28. The van der Waals surface area contributed by atoms with Gasteiger partial charge in [0.1, 0.15) is 12.2 Å². The van der Waals surface area contributed by atoms with Crippen molar-refractivity contribution in [1.82, 2.24) is 20.1 Å². The fourth-order valence-electron chi connectivity index (χ4n) is 2.69. The van der Waals surface area contributed by atoms with Crippen LogP contribution < -0.4 is 5.32 Å². The lowest BCUT2D eigenvalue weighted by atomic mass is 9.80. The summed E-state index contributed by atoms with van der Waals surface area (Å²) in [4.78, 5) is 0. The minimum atomic E-state index is 0.668. The second kappa shape index (κ2) is 5.63. The molecule has 1 fully saturated rings. The Morgan fingerprint density at radius 2 is 2.06 bits per heavy atom. The maximum Gasteiger partial charge on any atom is 0.146 e. The van der Waals surface area contributed by atoms with Crippen LogP contribution in [0.2, 0.25) is 0 Å². The minimum Gasteiger partial charge on any atom is -0.320 e. The molecule has 4 heteroatoms. The molecular formula is C13H24N4. The van der Waals surface area contributed by atoms with E-state index in [1.807, 2.05) is 11.6 Å². The largest absolute Gasteiger partial charge is 0.320 e. The minimum absolute atomic E-state index is 0.668. The average Bonchev–Trinajstić information content (AvgIpc) is 2.73. The van der Waals surface area contributed by atoms with Gasteiger partial charge in [0.05, 0.1) is 6.54 Å². The Labute approximate surface area is 104 Å². The highest BCUT2D eigenvalue weighted by atomic mass is 15.3. The summed E-state index contributed by atoms with van der Waals surface area (Å²) < 4.78 is 1.98. The van der Waals surface area contributed by atoms with Gasteiger partial charge in [0.25, 0.3) is 0 Å². The van der Waals surface area contributed by atoms with Gasteiger partial charge < -0.3 is 9.88 Å². The summed E-state index contributed by atoms with van der Waals surface area (Å²) in [5, 5.41) is 11.6. The number of nitrogens with zero attached hydrogens (tertiary/aromatic N) is 3. The van der Waals surface area contributed by atoms with Gasteiger partial charge in [0, 0.05) is 13.1 Å². The third-order valence-electron chi connectivity index (χ3n) is 4.07. The molecule has 0 aromatic carbocycles. The van der Waals surface area contributed by atoms with E-state index in [4.69, 9.17) is 0 Å². The quantitative estimate of drug-likeness (QED) is 0.870. The van der Waals surface area contributed by atoms with E-state index in [0.29, 0.717) is 6.04 Å². The molecule has 1 saturated carbocycles. The van der Waals surface area contributed by atoms with Gasteiger partial charge in [-0.3, -0.25) is 0 Å². The Hall–Kier alpha value is -0.900. The molecule has 0 aliphatic heterocycles. The van der Waals surface area contributed by atoms with Crippen LogP contribution in [-0.2, 0) is 13.6 Å². The molecule has 1 aromatic rings. The van der Waals surface area contributed by atoms with Gasteiger partial charge >= 0.3 is 0 Å². The van der Waals surface area contributed by atoms with Crippen molar-refractivity contribution in [2.24, 2.45) is 18.9 Å². The van der Waals surface area contributed by atoms with Gasteiger partial charge in [-0.1, -0.05) is 13.8 Å². The van der Waals surface area contributed by atoms with Crippen LogP contribution in [0.3, 0.4) is 0 Å². The number of rotatable bonds is 4. The van der Waals surface area contributed by atoms with Crippen molar-refractivity contribution in [3.8, 4) is 0 Å². The predicted molar refractivity (Wildman–Crippen MR) is 68.4 cm³/mol. The van der Waals surface area contributed by atoms with Crippen molar-refractivity contribution in [2.75, 3.05) is 0 Å². The lowest BCUT2D eigenvalue weighted by Gasteiger charge is -2.31. The number of nitrogens with one attached hydrogen (secondary N) is 1. The molecule has 0 spiro atoms. The summed E-state index contributed by atoms with van der Waals surface area (Å²) in [5.41, 5.74) is 0. The lowest BCUT2D eigenvalue weighted by molar-refractivity contribution is 0.237. The van der Waals surface area contributed by atoms with E-state index in [9.17, 15) is 0 Å². The summed E-state index contributed by atoms with van der Waals surface area (Å²) in [6.07, 6.45) is 7.11. The predicted octanol–water partition coefficient (Wildman–Crippen LogP) is 2.12. The van der Waals surface area contributed by atoms with Crippen LogP contribution in [-0.4, -0.2) is 20.8 Å². The first-order valence-corrected chi connectivity index (χ1v) is 6.73. The maximum atomic E-state index is 4.09. The van der Waals surface area contributed by atoms with Crippen LogP contribution in [0.25, 0.3) is 0 Å². The molecule has 1 aliphatic rings. The monoisotopic (exact) mass is 236 g/mol. The van der Waals surface area contributed by atoms with Crippen LogP contribution in [0.4, 0.5) is 0 Å².